The van der Waals surface area contributed by atoms with Crippen LogP contribution in [0.15, 0.2) is 173 Å². The summed E-state index contributed by atoms with van der Waals surface area (Å²) < 4.78 is 15.1. The van der Waals surface area contributed by atoms with Crippen molar-refractivity contribution >= 4 is 78.0 Å². The number of nitrogens with zero attached hydrogens (tertiary/aromatic N) is 2. The second-order valence-electron chi connectivity index (χ2n) is 22.6. The third-order valence-corrected chi connectivity index (χ3v) is 18.4. The van der Waals surface area contributed by atoms with Crippen LogP contribution >= 0.6 is 0 Å². The molecule has 0 fully saturated rings. The zero-order valence-corrected chi connectivity index (χ0v) is 47.3. The SMILES string of the molecule is Cc1cc(N(c2cc(C)c(C)c(C)c2)c2cc3c(c4oc5ccccc5c24)-c2c(cc(N(c4cc(C)c(C)c(C)c4)c4cc(C)c(C)c(C)c4C)c4c2oc2ccccc24)C3(c2ccccc2)c2ccccc2)cc(C)c1C. The van der Waals surface area contributed by atoms with Crippen LogP contribution in [0.5, 0.6) is 0 Å². The van der Waals surface area contributed by atoms with Gasteiger partial charge in [-0.2, -0.15) is 0 Å². The van der Waals surface area contributed by atoms with E-state index in [2.05, 4.69) is 264 Å². The van der Waals surface area contributed by atoms with Gasteiger partial charge in [0.25, 0.3) is 0 Å². The topological polar surface area (TPSA) is 32.8 Å². The number of furan rings is 2. The largest absolute Gasteiger partial charge is 0.455 e. The van der Waals surface area contributed by atoms with Crippen molar-refractivity contribution in [1.82, 2.24) is 0 Å². The third-order valence-electron chi connectivity index (χ3n) is 18.4. The van der Waals surface area contributed by atoms with Crippen LogP contribution in [0.25, 0.3) is 55.0 Å². The molecule has 13 rings (SSSR count). The summed E-state index contributed by atoms with van der Waals surface area (Å²) in [6.45, 7) is 29.3. The van der Waals surface area contributed by atoms with E-state index in [-0.39, 0.29) is 0 Å². The van der Waals surface area contributed by atoms with E-state index in [0.717, 1.165) is 111 Å². The van der Waals surface area contributed by atoms with Crippen LogP contribution in [0.1, 0.15) is 94.6 Å². The molecular formula is C74H66N2O2. The number of rotatable bonds is 8. The van der Waals surface area contributed by atoms with Crippen LogP contribution in [0, 0.1) is 90.0 Å². The molecule has 0 saturated heterocycles. The Morgan fingerprint density at radius 3 is 1.06 bits per heavy atom. The van der Waals surface area contributed by atoms with Gasteiger partial charge in [-0.15, -0.1) is 0 Å². The summed E-state index contributed by atoms with van der Waals surface area (Å²) in [6.07, 6.45) is 0. The van der Waals surface area contributed by atoms with E-state index in [0.29, 0.717) is 0 Å². The van der Waals surface area contributed by atoms with Crippen LogP contribution in [0.3, 0.4) is 0 Å². The number of aryl methyl sites for hydroxylation is 7. The predicted octanol–water partition coefficient (Wildman–Crippen LogP) is 20.8. The summed E-state index contributed by atoms with van der Waals surface area (Å²) in [6, 6.07) is 61.3. The second kappa shape index (κ2) is 18.0. The number of fused-ring (bicyclic) bond motifs is 11. The van der Waals surface area contributed by atoms with E-state index < -0.39 is 5.41 Å². The summed E-state index contributed by atoms with van der Waals surface area (Å²) >= 11 is 0. The molecule has 10 aromatic carbocycles. The zero-order chi connectivity index (χ0) is 54.2. The minimum atomic E-state index is -0.889. The summed E-state index contributed by atoms with van der Waals surface area (Å²) in [7, 11) is 0. The van der Waals surface area contributed by atoms with Gasteiger partial charge < -0.3 is 18.6 Å². The number of para-hydroxylation sites is 2. The smallest absolute Gasteiger partial charge is 0.145 e. The van der Waals surface area contributed by atoms with Gasteiger partial charge in [-0.05, 0) is 251 Å². The van der Waals surface area contributed by atoms with E-state index >= 15 is 0 Å². The van der Waals surface area contributed by atoms with Crippen molar-refractivity contribution in [3.63, 3.8) is 0 Å². The lowest BCUT2D eigenvalue weighted by molar-refractivity contribution is 0.665. The fraction of sp³-hybridized carbons (Fsp3) is 0.189. The van der Waals surface area contributed by atoms with Gasteiger partial charge in [0, 0.05) is 44.6 Å². The van der Waals surface area contributed by atoms with Crippen LogP contribution in [0.4, 0.5) is 34.1 Å². The van der Waals surface area contributed by atoms with Crippen LogP contribution in [0.2, 0.25) is 0 Å². The van der Waals surface area contributed by atoms with Crippen molar-refractivity contribution in [2.75, 3.05) is 9.80 Å². The van der Waals surface area contributed by atoms with Crippen molar-refractivity contribution in [3.05, 3.63) is 258 Å². The monoisotopic (exact) mass is 1010 g/mol. The van der Waals surface area contributed by atoms with E-state index in [1.165, 1.54) is 72.3 Å². The molecule has 0 spiro atoms. The molecule has 2 heterocycles. The first-order chi connectivity index (χ1) is 37.6. The van der Waals surface area contributed by atoms with E-state index in [9.17, 15) is 0 Å². The van der Waals surface area contributed by atoms with Crippen LogP contribution in [-0.4, -0.2) is 0 Å². The van der Waals surface area contributed by atoms with Gasteiger partial charge in [0.1, 0.15) is 22.3 Å². The molecule has 0 unspecified atom stereocenters. The van der Waals surface area contributed by atoms with Crippen LogP contribution in [-0.2, 0) is 5.41 Å². The normalized spacial score (nSPS) is 12.8. The Morgan fingerprint density at radius 1 is 0.308 bits per heavy atom. The van der Waals surface area contributed by atoms with Gasteiger partial charge >= 0.3 is 0 Å². The van der Waals surface area contributed by atoms with Crippen molar-refractivity contribution in [3.8, 4) is 11.1 Å². The first kappa shape index (κ1) is 49.0. The number of benzene rings is 10. The highest BCUT2D eigenvalue weighted by molar-refractivity contribution is 6.25. The molecule has 0 amide bonds. The quantitative estimate of drug-likeness (QED) is 0.152. The van der Waals surface area contributed by atoms with Crippen molar-refractivity contribution < 1.29 is 8.83 Å². The lowest BCUT2D eigenvalue weighted by Gasteiger charge is -2.36. The molecular weight excluding hydrogens is 949 g/mol. The summed E-state index contributed by atoms with van der Waals surface area (Å²) in [4.78, 5) is 5.07. The molecule has 0 aliphatic heterocycles. The van der Waals surface area contributed by atoms with E-state index in [1.54, 1.807) is 0 Å². The first-order valence-electron chi connectivity index (χ1n) is 27.6. The molecule has 4 nitrogen and oxygen atoms in total. The Bertz CT molecular complexity index is 4310. The van der Waals surface area contributed by atoms with E-state index in [1.807, 2.05) is 0 Å². The molecule has 1 aliphatic carbocycles. The van der Waals surface area contributed by atoms with Crippen molar-refractivity contribution in [1.29, 1.82) is 0 Å². The minimum absolute atomic E-state index is 0.835. The maximum Gasteiger partial charge on any atom is 0.145 e. The highest BCUT2D eigenvalue weighted by atomic mass is 16.3. The average Bonchev–Trinajstić information content (AvgIpc) is 2.43. The molecule has 2 aromatic heterocycles. The first-order valence-corrected chi connectivity index (χ1v) is 27.6. The van der Waals surface area contributed by atoms with Gasteiger partial charge in [-0.25, -0.2) is 0 Å². The zero-order valence-electron chi connectivity index (χ0n) is 47.3. The lowest BCUT2D eigenvalue weighted by atomic mass is 9.67. The molecule has 12 aromatic rings. The Balaban J connectivity index is 1.28. The van der Waals surface area contributed by atoms with Gasteiger partial charge in [0.2, 0.25) is 0 Å². The molecule has 0 radical (unpaired) electrons. The molecule has 1 aliphatic rings. The number of hydrogen-bond donors (Lipinski definition) is 0. The maximum absolute atomic E-state index is 7.58. The molecule has 78 heavy (non-hydrogen) atoms. The minimum Gasteiger partial charge on any atom is -0.455 e. The van der Waals surface area contributed by atoms with Gasteiger partial charge in [-0.1, -0.05) is 97.1 Å². The number of hydrogen-bond acceptors (Lipinski definition) is 4. The highest BCUT2D eigenvalue weighted by Crippen LogP contribution is 2.64. The van der Waals surface area contributed by atoms with Gasteiger partial charge in [0.15, 0.2) is 0 Å². The predicted molar refractivity (Wildman–Crippen MR) is 329 cm³/mol. The third kappa shape index (κ3) is 7.04. The summed E-state index contributed by atoms with van der Waals surface area (Å²) in [5, 5.41) is 4.24. The Labute approximate surface area is 459 Å². The Hall–Kier alpha value is -8.60. The lowest BCUT2D eigenvalue weighted by Crippen LogP contribution is -2.29. The fourth-order valence-electron chi connectivity index (χ4n) is 13.2. The molecule has 0 saturated carbocycles. The Kier molecular flexibility index (Phi) is 11.3. The van der Waals surface area contributed by atoms with Crippen LogP contribution < -0.4 is 9.80 Å². The molecule has 384 valence electrons. The Morgan fingerprint density at radius 2 is 0.654 bits per heavy atom. The fourth-order valence-corrected chi connectivity index (χ4v) is 13.2. The van der Waals surface area contributed by atoms with E-state index in [4.69, 9.17) is 8.83 Å². The summed E-state index contributed by atoms with van der Waals surface area (Å²) in [5.41, 5.74) is 32.2. The average molecular weight is 1020 g/mol. The van der Waals surface area contributed by atoms with Crippen molar-refractivity contribution in [2.24, 2.45) is 0 Å². The molecule has 0 bridgehead atoms. The molecule has 4 heteroatoms. The van der Waals surface area contributed by atoms with Gasteiger partial charge in [-0.3, -0.25) is 0 Å². The number of anilines is 6. The molecule has 0 N–H and O–H groups in total. The molecule has 0 atom stereocenters. The summed E-state index contributed by atoms with van der Waals surface area (Å²) in [5.74, 6) is 0. The van der Waals surface area contributed by atoms with Crippen molar-refractivity contribution in [2.45, 2.75) is 95.4 Å². The van der Waals surface area contributed by atoms with Gasteiger partial charge in [0.05, 0.1) is 27.6 Å². The second-order valence-corrected chi connectivity index (χ2v) is 22.6. The standard InChI is InChI=1S/C74H66N2O2/c1-41-32-56(33-42(2)48(41)8)75(57-34-43(3)49(9)44(4)35-57)64-39-61-70(72-68(64)59-28-20-22-30-66(59)77-72)71-62(74(61,54-24-16-14-17-25-54)55-26-18-15-19-27-55)40-65(69-60-29-21-23-31-67(60)78-73(69)71)76(58-36-45(5)50(10)46(6)37-58)63-38-47(7)51(11)52(12)53(63)13/h14-40H,1-13H3. The maximum atomic E-state index is 7.58. The highest BCUT2D eigenvalue weighted by Gasteiger charge is 2.51.